The zero-order valence-electron chi connectivity index (χ0n) is 19.6. The quantitative estimate of drug-likeness (QED) is 0.494. The number of amides is 1. The molecule has 2 aromatic carbocycles. The Morgan fingerprint density at radius 2 is 1.76 bits per heavy atom. The monoisotopic (exact) mass is 499 g/mol. The van der Waals surface area contributed by atoms with Crippen LogP contribution in [0.3, 0.4) is 0 Å². The molecule has 2 heterocycles. The summed E-state index contributed by atoms with van der Waals surface area (Å²) in [7, 11) is -1.69. The molecule has 4 rings (SSSR count). The van der Waals surface area contributed by atoms with Gasteiger partial charge in [0, 0.05) is 31.4 Å². The molecule has 8 nitrogen and oxygen atoms in total. The molecule has 0 unspecified atom stereocenters. The number of hydrogen-bond acceptors (Lipinski definition) is 6. The van der Waals surface area contributed by atoms with Crippen molar-refractivity contribution in [1.82, 2.24) is 19.1 Å². The Labute approximate surface area is 204 Å². The number of piperidine rings is 1. The van der Waals surface area contributed by atoms with Gasteiger partial charge in [-0.1, -0.05) is 48.5 Å². The Hall–Kier alpha value is -2.69. The summed E-state index contributed by atoms with van der Waals surface area (Å²) in [6.45, 7) is 4.94. The highest BCUT2D eigenvalue weighted by Crippen LogP contribution is 2.27. The molecule has 1 amide bonds. The topological polar surface area (TPSA) is 97.2 Å². The third-order valence-corrected chi connectivity index (χ3v) is 8.90. The highest BCUT2D eigenvalue weighted by atomic mass is 32.2. The molecule has 0 atom stereocenters. The van der Waals surface area contributed by atoms with Crippen LogP contribution in [0.5, 0.6) is 0 Å². The third kappa shape index (κ3) is 5.18. The van der Waals surface area contributed by atoms with E-state index in [4.69, 9.17) is 0 Å². The van der Waals surface area contributed by atoms with Crippen molar-refractivity contribution in [2.24, 2.45) is 7.05 Å². The van der Waals surface area contributed by atoms with E-state index >= 15 is 0 Å². The molecule has 3 aromatic rings. The largest absolute Gasteiger partial charge is 0.325 e. The van der Waals surface area contributed by atoms with Crippen LogP contribution in [-0.4, -0.2) is 52.2 Å². The summed E-state index contributed by atoms with van der Waals surface area (Å²) < 4.78 is 29.4. The summed E-state index contributed by atoms with van der Waals surface area (Å²) in [6, 6.07) is 12.8. The predicted octanol–water partition coefficient (Wildman–Crippen LogP) is 4.00. The molecule has 180 valence electrons. The maximum absolute atomic E-state index is 13.0. The van der Waals surface area contributed by atoms with E-state index < -0.39 is 10.0 Å². The molecule has 0 saturated carbocycles. The number of rotatable bonds is 7. The average molecular weight is 500 g/mol. The first kappa shape index (κ1) is 24.4. The summed E-state index contributed by atoms with van der Waals surface area (Å²) in [5.41, 5.74) is 3.40. The molecule has 1 aliphatic rings. The van der Waals surface area contributed by atoms with Gasteiger partial charge < -0.3 is 9.88 Å². The number of carbonyl (C=O) groups is 1. The summed E-state index contributed by atoms with van der Waals surface area (Å²) in [5.74, 6) is 0.635. The van der Waals surface area contributed by atoms with E-state index in [1.807, 2.05) is 49.7 Å². The SMILES string of the molecule is Cc1ccc(S(=O)(=O)N2CCCCC2)cc1NC(=O)CSc1nnc(-c2ccccc2C)n1C. The van der Waals surface area contributed by atoms with Crippen LogP contribution >= 0.6 is 11.8 Å². The number of benzene rings is 2. The lowest BCUT2D eigenvalue weighted by atomic mass is 10.1. The minimum Gasteiger partial charge on any atom is -0.325 e. The minimum absolute atomic E-state index is 0.127. The lowest BCUT2D eigenvalue weighted by Crippen LogP contribution is -2.35. The molecule has 1 fully saturated rings. The van der Waals surface area contributed by atoms with Gasteiger partial charge in [-0.05, 0) is 49.9 Å². The molecule has 10 heteroatoms. The average Bonchev–Trinajstić information content (AvgIpc) is 3.20. The van der Waals surface area contributed by atoms with Gasteiger partial charge in [0.1, 0.15) is 0 Å². The van der Waals surface area contributed by atoms with Gasteiger partial charge in [0.05, 0.1) is 10.6 Å². The highest BCUT2D eigenvalue weighted by molar-refractivity contribution is 7.99. The van der Waals surface area contributed by atoms with Gasteiger partial charge >= 0.3 is 0 Å². The van der Waals surface area contributed by atoms with Crippen LogP contribution in [-0.2, 0) is 21.9 Å². The van der Waals surface area contributed by atoms with E-state index in [1.54, 1.807) is 18.2 Å². The Balaban J connectivity index is 1.44. The van der Waals surface area contributed by atoms with Gasteiger partial charge in [-0.25, -0.2) is 8.42 Å². The first-order chi connectivity index (χ1) is 16.3. The number of nitrogens with zero attached hydrogens (tertiary/aromatic N) is 4. The lowest BCUT2D eigenvalue weighted by Gasteiger charge is -2.26. The second-order valence-corrected chi connectivity index (χ2v) is 11.3. The molecule has 1 N–H and O–H groups in total. The Bertz CT molecular complexity index is 1300. The summed E-state index contributed by atoms with van der Waals surface area (Å²) in [6.07, 6.45) is 2.80. The van der Waals surface area contributed by atoms with Crippen LogP contribution in [0.2, 0.25) is 0 Å². The number of hydrogen-bond donors (Lipinski definition) is 1. The van der Waals surface area contributed by atoms with Crippen LogP contribution in [0.4, 0.5) is 5.69 Å². The zero-order valence-corrected chi connectivity index (χ0v) is 21.2. The molecule has 1 aliphatic heterocycles. The summed E-state index contributed by atoms with van der Waals surface area (Å²) in [5, 5.41) is 12.0. The van der Waals surface area contributed by atoms with Gasteiger partial charge in [0.15, 0.2) is 11.0 Å². The van der Waals surface area contributed by atoms with Crippen LogP contribution in [0.25, 0.3) is 11.4 Å². The summed E-state index contributed by atoms with van der Waals surface area (Å²) >= 11 is 1.28. The number of thioether (sulfide) groups is 1. The second kappa shape index (κ2) is 10.3. The molecule has 34 heavy (non-hydrogen) atoms. The van der Waals surface area contributed by atoms with Gasteiger partial charge in [-0.3, -0.25) is 4.79 Å². The molecule has 1 saturated heterocycles. The van der Waals surface area contributed by atoms with Gasteiger partial charge in [0.25, 0.3) is 0 Å². The molecular formula is C24H29N5O3S2. The fourth-order valence-electron chi connectivity index (χ4n) is 3.97. The van der Waals surface area contributed by atoms with Crippen molar-refractivity contribution < 1.29 is 13.2 Å². The molecule has 0 radical (unpaired) electrons. The smallest absolute Gasteiger partial charge is 0.243 e. The number of carbonyl (C=O) groups excluding carboxylic acids is 1. The van der Waals surface area contributed by atoms with Crippen LogP contribution in [0.1, 0.15) is 30.4 Å². The highest BCUT2D eigenvalue weighted by Gasteiger charge is 2.26. The van der Waals surface area contributed by atoms with Crippen molar-refractivity contribution in [3.8, 4) is 11.4 Å². The van der Waals surface area contributed by atoms with E-state index in [0.717, 1.165) is 41.8 Å². The normalized spacial score (nSPS) is 14.8. The zero-order chi connectivity index (χ0) is 24.3. The van der Waals surface area contributed by atoms with E-state index in [1.165, 1.54) is 16.1 Å². The standard InChI is InChI=1S/C24H29N5O3S2/c1-17-9-5-6-10-20(17)23-26-27-24(28(23)3)33-16-22(30)25-21-15-19(12-11-18(21)2)34(31,32)29-13-7-4-8-14-29/h5-6,9-12,15H,4,7-8,13-14,16H2,1-3H3,(H,25,30). The van der Waals surface area contributed by atoms with Crippen molar-refractivity contribution in [2.45, 2.75) is 43.2 Å². The van der Waals surface area contributed by atoms with Crippen LogP contribution < -0.4 is 5.32 Å². The van der Waals surface area contributed by atoms with Crippen LogP contribution in [0, 0.1) is 13.8 Å². The predicted molar refractivity (Wildman–Crippen MR) is 134 cm³/mol. The van der Waals surface area contributed by atoms with Gasteiger partial charge in [-0.15, -0.1) is 10.2 Å². The van der Waals surface area contributed by atoms with Crippen molar-refractivity contribution in [1.29, 1.82) is 0 Å². The Morgan fingerprint density at radius 3 is 2.50 bits per heavy atom. The second-order valence-electron chi connectivity index (χ2n) is 8.46. The van der Waals surface area contributed by atoms with E-state index in [9.17, 15) is 13.2 Å². The Morgan fingerprint density at radius 1 is 1.03 bits per heavy atom. The number of aromatic nitrogens is 3. The lowest BCUT2D eigenvalue weighted by molar-refractivity contribution is -0.113. The molecular weight excluding hydrogens is 470 g/mol. The van der Waals surface area contributed by atoms with Crippen molar-refractivity contribution in [3.63, 3.8) is 0 Å². The maximum Gasteiger partial charge on any atom is 0.243 e. The molecule has 0 spiro atoms. The first-order valence-corrected chi connectivity index (χ1v) is 13.7. The maximum atomic E-state index is 13.0. The first-order valence-electron chi connectivity index (χ1n) is 11.3. The van der Waals surface area contributed by atoms with Gasteiger partial charge in [0.2, 0.25) is 15.9 Å². The van der Waals surface area contributed by atoms with Crippen molar-refractivity contribution in [2.75, 3.05) is 24.2 Å². The fourth-order valence-corrected chi connectivity index (χ4v) is 6.22. The number of sulfonamides is 1. The van der Waals surface area contributed by atoms with E-state index in [2.05, 4.69) is 15.5 Å². The van der Waals surface area contributed by atoms with E-state index in [0.29, 0.717) is 23.9 Å². The van der Waals surface area contributed by atoms with Crippen LogP contribution in [0.15, 0.2) is 52.5 Å². The molecule has 1 aromatic heterocycles. The molecule has 0 bridgehead atoms. The van der Waals surface area contributed by atoms with Crippen molar-refractivity contribution >= 4 is 33.4 Å². The number of anilines is 1. The fraction of sp³-hybridized carbons (Fsp3) is 0.375. The number of aryl methyl sites for hydroxylation is 2. The minimum atomic E-state index is -3.57. The Kier molecular flexibility index (Phi) is 7.39. The van der Waals surface area contributed by atoms with Gasteiger partial charge in [-0.2, -0.15) is 4.31 Å². The number of nitrogens with one attached hydrogen (secondary N) is 1. The van der Waals surface area contributed by atoms with Crippen molar-refractivity contribution in [3.05, 3.63) is 53.6 Å². The summed E-state index contributed by atoms with van der Waals surface area (Å²) in [4.78, 5) is 12.9. The third-order valence-electron chi connectivity index (χ3n) is 5.99. The van der Waals surface area contributed by atoms with E-state index in [-0.39, 0.29) is 16.6 Å². The molecule has 0 aliphatic carbocycles.